The number of aryl methyl sites for hydroxylation is 1. The zero-order valence-electron chi connectivity index (χ0n) is 22.7. The van der Waals surface area contributed by atoms with Crippen LogP contribution in [0.25, 0.3) is 0 Å². The molecule has 0 aliphatic carbocycles. The Morgan fingerprint density at radius 2 is 1.64 bits per heavy atom. The Bertz CT molecular complexity index is 1180. The maximum Gasteiger partial charge on any atom is 0.251 e. The van der Waals surface area contributed by atoms with Crippen LogP contribution in [0.15, 0.2) is 24.3 Å². The average Bonchev–Trinajstić information content (AvgIpc) is 2.84. The molecule has 194 valence electrons. The molecule has 0 saturated carbocycles. The van der Waals surface area contributed by atoms with E-state index in [2.05, 4.69) is 40.4 Å². The average molecular weight is 493 g/mol. The number of likely N-dealkylation sites (N-methyl/N-ethyl adjacent to an activating group) is 1. The normalized spacial score (nSPS) is 18.7. The number of piperazine rings is 1. The van der Waals surface area contributed by atoms with Crippen molar-refractivity contribution in [1.29, 1.82) is 0 Å². The number of amides is 2. The smallest absolute Gasteiger partial charge is 0.251 e. The first-order valence-electron chi connectivity index (χ1n) is 12.9. The lowest BCUT2D eigenvalue weighted by Crippen LogP contribution is -2.49. The highest BCUT2D eigenvalue weighted by atomic mass is 16.3. The van der Waals surface area contributed by atoms with Crippen LogP contribution in [-0.4, -0.2) is 66.5 Å². The number of nitrogens with zero attached hydrogens (tertiary/aromatic N) is 3. The maximum absolute atomic E-state index is 14.0. The van der Waals surface area contributed by atoms with Crippen molar-refractivity contribution in [3.63, 3.8) is 0 Å². The quantitative estimate of drug-likeness (QED) is 0.629. The number of phenolic OH excluding ortho intramolecular Hbond substituents is 1. The van der Waals surface area contributed by atoms with Crippen LogP contribution in [0, 0.1) is 26.2 Å². The minimum Gasteiger partial charge on any atom is -0.507 e. The Kier molecular flexibility index (Phi) is 7.06. The van der Waals surface area contributed by atoms with Gasteiger partial charge in [0.05, 0.1) is 0 Å². The highest BCUT2D eigenvalue weighted by Crippen LogP contribution is 2.37. The van der Waals surface area contributed by atoms with Gasteiger partial charge in [-0.15, -0.1) is 0 Å². The predicted molar refractivity (Wildman–Crippen MR) is 145 cm³/mol. The van der Waals surface area contributed by atoms with Crippen LogP contribution in [0.1, 0.15) is 54.6 Å². The molecule has 0 radical (unpaired) electrons. The molecule has 1 unspecified atom stereocenters. The topological polar surface area (TPSA) is 76.1 Å². The monoisotopic (exact) mass is 492 g/mol. The van der Waals surface area contributed by atoms with Gasteiger partial charge < -0.3 is 25.1 Å². The van der Waals surface area contributed by atoms with Gasteiger partial charge in [0.25, 0.3) is 5.91 Å². The minimum atomic E-state index is -0.721. The molecule has 0 spiro atoms. The van der Waals surface area contributed by atoms with Crippen LogP contribution in [0.4, 0.5) is 11.4 Å². The zero-order valence-corrected chi connectivity index (χ0v) is 22.7. The van der Waals surface area contributed by atoms with Gasteiger partial charge in [-0.25, -0.2) is 0 Å². The van der Waals surface area contributed by atoms with Crippen molar-refractivity contribution < 1.29 is 14.7 Å². The molecule has 2 aliphatic heterocycles. The molecule has 7 nitrogen and oxygen atoms in total. The third kappa shape index (κ3) is 4.94. The molecule has 36 heavy (non-hydrogen) atoms. The second-order valence-electron chi connectivity index (χ2n) is 11.4. The molecular weight excluding hydrogens is 452 g/mol. The van der Waals surface area contributed by atoms with E-state index >= 15 is 0 Å². The Balaban J connectivity index is 1.75. The van der Waals surface area contributed by atoms with Gasteiger partial charge in [-0.2, -0.15) is 0 Å². The lowest BCUT2D eigenvalue weighted by atomic mass is 9.87. The van der Waals surface area contributed by atoms with Crippen molar-refractivity contribution in [2.75, 3.05) is 50.0 Å². The molecule has 2 aromatic rings. The maximum atomic E-state index is 14.0. The molecule has 4 rings (SSSR count). The number of fused-ring (bicyclic) bond motifs is 1. The van der Waals surface area contributed by atoms with Gasteiger partial charge in [0.15, 0.2) is 0 Å². The van der Waals surface area contributed by atoms with Crippen LogP contribution in [0.5, 0.6) is 5.75 Å². The fourth-order valence-corrected chi connectivity index (χ4v) is 5.20. The summed E-state index contributed by atoms with van der Waals surface area (Å²) in [5, 5.41) is 13.4. The van der Waals surface area contributed by atoms with E-state index in [1.165, 1.54) is 0 Å². The van der Waals surface area contributed by atoms with Crippen molar-refractivity contribution >= 4 is 23.2 Å². The Labute approximate surface area is 215 Å². The third-order valence-electron chi connectivity index (χ3n) is 7.69. The van der Waals surface area contributed by atoms with Gasteiger partial charge in [0.2, 0.25) is 5.91 Å². The van der Waals surface area contributed by atoms with Crippen molar-refractivity contribution in [3.8, 4) is 5.75 Å². The van der Waals surface area contributed by atoms with Crippen molar-refractivity contribution in [2.24, 2.45) is 5.41 Å². The molecule has 0 bridgehead atoms. The highest BCUT2D eigenvalue weighted by molar-refractivity contribution is 6.00. The minimum absolute atomic E-state index is 0.0342. The summed E-state index contributed by atoms with van der Waals surface area (Å²) in [5.41, 5.74) is 5.44. The Hall–Kier alpha value is -3.06. The standard InChI is InChI=1S/C29H40N4O3/c1-18-16-24(19(2)20(3)26(18)34)30-27(35)25-23-17-22(32-14-12-31(7)13-15-32)9-8-21(23)10-11-33(25)28(36)29(4,5)6/h8-9,16-17,25,34H,10-15H2,1-7H3,(H,30,35). The van der Waals surface area contributed by atoms with Gasteiger partial charge in [-0.3, -0.25) is 9.59 Å². The predicted octanol–water partition coefficient (Wildman–Crippen LogP) is 4.18. The SMILES string of the molecule is Cc1cc(NC(=O)C2c3cc(N4CCN(C)CC4)ccc3CCN2C(=O)C(C)(C)C)c(C)c(C)c1O. The highest BCUT2D eigenvalue weighted by Gasteiger charge is 2.40. The third-order valence-corrected chi connectivity index (χ3v) is 7.69. The van der Waals surface area contributed by atoms with Gasteiger partial charge >= 0.3 is 0 Å². The first kappa shape index (κ1) is 26.0. The van der Waals surface area contributed by atoms with E-state index in [-0.39, 0.29) is 17.6 Å². The molecule has 7 heteroatoms. The Morgan fingerprint density at radius 3 is 2.28 bits per heavy atom. The first-order chi connectivity index (χ1) is 16.9. The molecule has 0 aromatic heterocycles. The second-order valence-corrected chi connectivity index (χ2v) is 11.4. The van der Waals surface area contributed by atoms with Crippen LogP contribution in [0.2, 0.25) is 0 Å². The van der Waals surface area contributed by atoms with Gasteiger partial charge in [-0.05, 0) is 80.3 Å². The number of nitrogens with one attached hydrogen (secondary N) is 1. The van der Waals surface area contributed by atoms with Crippen molar-refractivity contribution in [2.45, 2.75) is 54.0 Å². The molecule has 2 amide bonds. The van der Waals surface area contributed by atoms with E-state index in [4.69, 9.17) is 0 Å². The van der Waals surface area contributed by atoms with E-state index in [0.717, 1.165) is 60.5 Å². The van der Waals surface area contributed by atoms with E-state index in [0.29, 0.717) is 17.8 Å². The fraction of sp³-hybridized carbons (Fsp3) is 0.517. The molecule has 1 saturated heterocycles. The number of benzene rings is 2. The summed E-state index contributed by atoms with van der Waals surface area (Å²) < 4.78 is 0. The van der Waals surface area contributed by atoms with Crippen LogP contribution in [0.3, 0.4) is 0 Å². The largest absolute Gasteiger partial charge is 0.507 e. The molecule has 2 aliphatic rings. The zero-order chi connectivity index (χ0) is 26.4. The number of phenols is 1. The summed E-state index contributed by atoms with van der Waals surface area (Å²) in [4.78, 5) is 33.9. The van der Waals surface area contributed by atoms with Crippen LogP contribution in [-0.2, 0) is 16.0 Å². The number of rotatable bonds is 3. The van der Waals surface area contributed by atoms with Gasteiger partial charge in [-0.1, -0.05) is 26.8 Å². The molecule has 2 aromatic carbocycles. The summed E-state index contributed by atoms with van der Waals surface area (Å²) in [7, 11) is 2.13. The lowest BCUT2D eigenvalue weighted by Gasteiger charge is -2.40. The molecule has 1 fully saturated rings. The number of hydrogen-bond donors (Lipinski definition) is 2. The number of carbonyl (C=O) groups is 2. The summed E-state index contributed by atoms with van der Waals surface area (Å²) >= 11 is 0. The molecule has 1 atom stereocenters. The summed E-state index contributed by atoms with van der Waals surface area (Å²) in [6.45, 7) is 15.6. The van der Waals surface area contributed by atoms with Gasteiger partial charge in [0.1, 0.15) is 11.8 Å². The van der Waals surface area contributed by atoms with E-state index < -0.39 is 11.5 Å². The number of anilines is 2. The van der Waals surface area contributed by atoms with Crippen LogP contribution < -0.4 is 10.2 Å². The number of hydrogen-bond acceptors (Lipinski definition) is 5. The molecule has 2 heterocycles. The lowest BCUT2D eigenvalue weighted by molar-refractivity contribution is -0.146. The summed E-state index contributed by atoms with van der Waals surface area (Å²) in [6.07, 6.45) is 0.723. The second kappa shape index (κ2) is 9.77. The number of carbonyl (C=O) groups excluding carboxylic acids is 2. The van der Waals surface area contributed by atoms with Crippen molar-refractivity contribution in [1.82, 2.24) is 9.80 Å². The van der Waals surface area contributed by atoms with E-state index in [1.54, 1.807) is 11.0 Å². The number of aromatic hydroxyl groups is 1. The first-order valence-corrected chi connectivity index (χ1v) is 12.9. The van der Waals surface area contributed by atoms with E-state index in [1.807, 2.05) is 41.5 Å². The van der Waals surface area contributed by atoms with Gasteiger partial charge in [0, 0.05) is 49.5 Å². The summed E-state index contributed by atoms with van der Waals surface area (Å²) in [5.74, 6) is -0.0142. The Morgan fingerprint density at radius 1 is 0.972 bits per heavy atom. The summed E-state index contributed by atoms with van der Waals surface area (Å²) in [6, 6.07) is 7.48. The van der Waals surface area contributed by atoms with Crippen molar-refractivity contribution in [3.05, 3.63) is 52.1 Å². The molecular formula is C29H40N4O3. The molecule has 2 N–H and O–H groups in total. The fourth-order valence-electron chi connectivity index (χ4n) is 5.20. The van der Waals surface area contributed by atoms with Crippen LogP contribution >= 0.6 is 0 Å². The van der Waals surface area contributed by atoms with E-state index in [9.17, 15) is 14.7 Å².